The molecule has 0 aliphatic rings. The van der Waals surface area contributed by atoms with E-state index in [0.29, 0.717) is 6.54 Å². The van der Waals surface area contributed by atoms with Gasteiger partial charge < -0.3 is 5.32 Å². The number of sulfonamides is 1. The molecule has 2 rings (SSSR count). The predicted octanol–water partition coefficient (Wildman–Crippen LogP) is 1.64. The second kappa shape index (κ2) is 6.69. The van der Waals surface area contributed by atoms with Gasteiger partial charge in [-0.05, 0) is 29.3 Å². The van der Waals surface area contributed by atoms with Crippen LogP contribution in [0, 0.1) is 0 Å². The van der Waals surface area contributed by atoms with Crippen molar-refractivity contribution in [1.29, 1.82) is 0 Å². The maximum Gasteiger partial charge on any atom is 0.241 e. The molecule has 0 aliphatic carbocycles. The van der Waals surface area contributed by atoms with Gasteiger partial charge >= 0.3 is 0 Å². The fraction of sp³-hybridized carbons (Fsp3) is 0.267. The van der Waals surface area contributed by atoms with Gasteiger partial charge in [-0.2, -0.15) is 0 Å². The summed E-state index contributed by atoms with van der Waals surface area (Å²) < 4.78 is 26.6. The Hall–Kier alpha value is -1.92. The Balaban J connectivity index is 2.12. The van der Waals surface area contributed by atoms with Gasteiger partial charge in [-0.25, -0.2) is 13.1 Å². The summed E-state index contributed by atoms with van der Waals surface area (Å²) in [5.41, 5.74) is 0. The lowest BCUT2D eigenvalue weighted by atomic mass is 10.1. The Morgan fingerprint density at radius 2 is 1.81 bits per heavy atom. The molecule has 0 saturated heterocycles. The number of amides is 1. The van der Waals surface area contributed by atoms with Crippen LogP contribution >= 0.6 is 0 Å². The molecule has 0 bridgehead atoms. The highest BCUT2D eigenvalue weighted by Gasteiger charge is 2.15. The Morgan fingerprint density at radius 1 is 1.10 bits per heavy atom. The van der Waals surface area contributed by atoms with Gasteiger partial charge in [0.05, 0.1) is 11.4 Å². The lowest BCUT2D eigenvalue weighted by Gasteiger charge is -2.08. The number of rotatable bonds is 6. The van der Waals surface area contributed by atoms with Crippen LogP contribution in [0.2, 0.25) is 0 Å². The van der Waals surface area contributed by atoms with Crippen LogP contribution in [-0.2, 0) is 14.8 Å². The molecule has 0 saturated carbocycles. The van der Waals surface area contributed by atoms with Crippen LogP contribution in [0.4, 0.5) is 0 Å². The van der Waals surface area contributed by atoms with Gasteiger partial charge in [0.25, 0.3) is 0 Å². The number of benzene rings is 2. The largest absolute Gasteiger partial charge is 0.355 e. The monoisotopic (exact) mass is 306 g/mol. The quantitative estimate of drug-likeness (QED) is 0.852. The van der Waals surface area contributed by atoms with E-state index in [2.05, 4.69) is 10.0 Å². The number of nitrogens with one attached hydrogen (secondary N) is 2. The van der Waals surface area contributed by atoms with E-state index < -0.39 is 10.0 Å². The van der Waals surface area contributed by atoms with Crippen molar-refractivity contribution in [1.82, 2.24) is 10.0 Å². The minimum absolute atomic E-state index is 0.157. The van der Waals surface area contributed by atoms with E-state index in [1.165, 1.54) is 6.07 Å². The summed E-state index contributed by atoms with van der Waals surface area (Å²) in [7, 11) is -3.68. The van der Waals surface area contributed by atoms with E-state index in [1.54, 1.807) is 12.1 Å². The minimum atomic E-state index is -3.68. The SMILES string of the molecule is CCCNC(=O)CNS(=O)(=O)c1ccc2ccccc2c1. The molecular weight excluding hydrogens is 288 g/mol. The van der Waals surface area contributed by atoms with Gasteiger partial charge in [0.2, 0.25) is 15.9 Å². The zero-order chi connectivity index (χ0) is 15.3. The van der Waals surface area contributed by atoms with Crippen molar-refractivity contribution in [3.8, 4) is 0 Å². The molecule has 2 aromatic rings. The van der Waals surface area contributed by atoms with Crippen molar-refractivity contribution in [3.05, 3.63) is 42.5 Å². The third kappa shape index (κ3) is 4.03. The Morgan fingerprint density at radius 3 is 2.52 bits per heavy atom. The summed E-state index contributed by atoms with van der Waals surface area (Å²) in [4.78, 5) is 11.6. The van der Waals surface area contributed by atoms with E-state index in [1.807, 2.05) is 31.2 Å². The van der Waals surface area contributed by atoms with Gasteiger partial charge in [-0.3, -0.25) is 4.79 Å². The van der Waals surface area contributed by atoms with Crippen molar-refractivity contribution < 1.29 is 13.2 Å². The summed E-state index contributed by atoms with van der Waals surface area (Å²) in [6, 6.07) is 12.4. The Kier molecular flexibility index (Phi) is 4.93. The summed E-state index contributed by atoms with van der Waals surface area (Å²) in [6.07, 6.45) is 0.809. The molecule has 5 nitrogen and oxygen atoms in total. The lowest BCUT2D eigenvalue weighted by molar-refractivity contribution is -0.119. The molecule has 1 amide bonds. The fourth-order valence-corrected chi connectivity index (χ4v) is 2.92. The first kappa shape index (κ1) is 15.5. The van der Waals surface area contributed by atoms with E-state index in [0.717, 1.165) is 17.2 Å². The van der Waals surface area contributed by atoms with Crippen molar-refractivity contribution in [3.63, 3.8) is 0 Å². The third-order valence-corrected chi connectivity index (χ3v) is 4.43. The second-order valence-electron chi connectivity index (χ2n) is 4.68. The van der Waals surface area contributed by atoms with Crippen LogP contribution in [0.15, 0.2) is 47.4 Å². The molecule has 0 aliphatic heterocycles. The van der Waals surface area contributed by atoms with Crippen LogP contribution in [0.5, 0.6) is 0 Å². The second-order valence-corrected chi connectivity index (χ2v) is 6.45. The highest BCUT2D eigenvalue weighted by Crippen LogP contribution is 2.18. The molecule has 2 aromatic carbocycles. The van der Waals surface area contributed by atoms with Gasteiger partial charge in [-0.15, -0.1) is 0 Å². The number of hydrogen-bond acceptors (Lipinski definition) is 3. The normalized spacial score (nSPS) is 11.5. The molecule has 0 radical (unpaired) electrons. The van der Waals surface area contributed by atoms with Crippen LogP contribution in [0.1, 0.15) is 13.3 Å². The molecule has 0 atom stereocenters. The highest BCUT2D eigenvalue weighted by atomic mass is 32.2. The molecule has 2 N–H and O–H groups in total. The number of hydrogen-bond donors (Lipinski definition) is 2. The Labute approximate surface area is 124 Å². The van der Waals surface area contributed by atoms with E-state index in [9.17, 15) is 13.2 Å². The molecule has 0 fully saturated rings. The first-order chi connectivity index (χ1) is 10.0. The molecule has 6 heteroatoms. The molecule has 21 heavy (non-hydrogen) atoms. The predicted molar refractivity (Wildman–Crippen MR) is 82.4 cm³/mol. The average Bonchev–Trinajstić information content (AvgIpc) is 2.50. The molecule has 112 valence electrons. The van der Waals surface area contributed by atoms with Crippen molar-refractivity contribution >= 4 is 26.7 Å². The minimum Gasteiger partial charge on any atom is -0.355 e. The summed E-state index contributed by atoms with van der Waals surface area (Å²) in [5, 5.41) is 4.43. The van der Waals surface area contributed by atoms with Crippen LogP contribution in [0.3, 0.4) is 0 Å². The number of carbonyl (C=O) groups is 1. The molecule has 0 heterocycles. The zero-order valence-corrected chi connectivity index (χ0v) is 12.6. The van der Waals surface area contributed by atoms with Crippen molar-refractivity contribution in [2.45, 2.75) is 18.2 Å². The highest BCUT2D eigenvalue weighted by molar-refractivity contribution is 7.89. The number of carbonyl (C=O) groups excluding carboxylic acids is 1. The summed E-state index contributed by atoms with van der Waals surface area (Å²) in [5.74, 6) is -0.332. The zero-order valence-electron chi connectivity index (χ0n) is 11.8. The van der Waals surface area contributed by atoms with E-state index in [4.69, 9.17) is 0 Å². The fourth-order valence-electron chi connectivity index (χ4n) is 1.91. The topological polar surface area (TPSA) is 75.3 Å². The van der Waals surface area contributed by atoms with Crippen molar-refractivity contribution in [2.24, 2.45) is 0 Å². The first-order valence-electron chi connectivity index (χ1n) is 6.78. The Bertz CT molecular complexity index is 741. The van der Waals surface area contributed by atoms with Crippen LogP contribution in [-0.4, -0.2) is 27.4 Å². The summed E-state index contributed by atoms with van der Waals surface area (Å²) in [6.45, 7) is 2.21. The molecular formula is C15H18N2O3S. The first-order valence-corrected chi connectivity index (χ1v) is 8.26. The maximum absolute atomic E-state index is 12.2. The molecule has 0 unspecified atom stereocenters. The van der Waals surface area contributed by atoms with Gasteiger partial charge in [0.1, 0.15) is 0 Å². The summed E-state index contributed by atoms with van der Waals surface area (Å²) >= 11 is 0. The van der Waals surface area contributed by atoms with Gasteiger partial charge in [-0.1, -0.05) is 37.3 Å². The average molecular weight is 306 g/mol. The van der Waals surface area contributed by atoms with E-state index >= 15 is 0 Å². The van der Waals surface area contributed by atoms with E-state index in [-0.39, 0.29) is 17.3 Å². The standard InChI is InChI=1S/C15H18N2O3S/c1-2-9-16-15(18)11-17-21(19,20)14-8-7-12-5-3-4-6-13(12)10-14/h3-8,10,17H,2,9,11H2,1H3,(H,16,18). The van der Waals surface area contributed by atoms with Crippen LogP contribution in [0.25, 0.3) is 10.8 Å². The molecule has 0 spiro atoms. The third-order valence-electron chi connectivity index (χ3n) is 3.03. The van der Waals surface area contributed by atoms with Crippen molar-refractivity contribution in [2.75, 3.05) is 13.1 Å². The number of fused-ring (bicyclic) bond motifs is 1. The lowest BCUT2D eigenvalue weighted by Crippen LogP contribution is -2.37. The van der Waals surface area contributed by atoms with Gasteiger partial charge in [0.15, 0.2) is 0 Å². The molecule has 0 aromatic heterocycles. The smallest absolute Gasteiger partial charge is 0.241 e. The maximum atomic E-state index is 12.2. The van der Waals surface area contributed by atoms with Crippen LogP contribution < -0.4 is 10.0 Å². The van der Waals surface area contributed by atoms with Gasteiger partial charge in [0, 0.05) is 6.54 Å².